The van der Waals surface area contributed by atoms with E-state index in [4.69, 9.17) is 11.6 Å². The van der Waals surface area contributed by atoms with Crippen LogP contribution in [-0.4, -0.2) is 22.4 Å². The van der Waals surface area contributed by atoms with Gasteiger partial charge in [0.25, 0.3) is 0 Å². The Kier molecular flexibility index (Phi) is 7.14. The molecule has 0 aromatic carbocycles. The fourth-order valence-corrected chi connectivity index (χ4v) is 2.42. The van der Waals surface area contributed by atoms with Gasteiger partial charge >= 0.3 is 0 Å². The summed E-state index contributed by atoms with van der Waals surface area (Å²) in [5.74, 6) is 2.50. The van der Waals surface area contributed by atoms with E-state index < -0.39 is 0 Å². The lowest BCUT2D eigenvalue weighted by Gasteiger charge is -2.16. The molecule has 1 aromatic rings. The van der Waals surface area contributed by atoms with Gasteiger partial charge < -0.3 is 5.32 Å². The Morgan fingerprint density at radius 1 is 1.26 bits per heavy atom. The molecule has 0 aliphatic carbocycles. The molecule has 108 valence electrons. The molecule has 19 heavy (non-hydrogen) atoms. The van der Waals surface area contributed by atoms with E-state index in [-0.39, 0.29) is 0 Å². The normalized spacial score (nSPS) is 12.7. The Labute approximate surface area is 122 Å². The van der Waals surface area contributed by atoms with E-state index in [1.807, 2.05) is 6.92 Å². The molecule has 0 amide bonds. The van der Waals surface area contributed by atoms with E-state index in [2.05, 4.69) is 42.1 Å². The van der Waals surface area contributed by atoms with Gasteiger partial charge in [0, 0.05) is 23.8 Å². The largest absolute Gasteiger partial charge is 0.354 e. The number of halogens is 1. The number of hydrogen-bond donors (Lipinski definition) is 1. The second-order valence-electron chi connectivity index (χ2n) is 5.43. The Bertz CT molecular complexity index is 374. The maximum absolute atomic E-state index is 5.85. The molecule has 3 nitrogen and oxygen atoms in total. The van der Waals surface area contributed by atoms with E-state index in [1.165, 1.54) is 12.8 Å². The van der Waals surface area contributed by atoms with Crippen LogP contribution >= 0.6 is 11.6 Å². The summed E-state index contributed by atoms with van der Waals surface area (Å²) in [7, 11) is 0. The molecule has 1 rings (SSSR count). The van der Waals surface area contributed by atoms with E-state index in [9.17, 15) is 0 Å². The van der Waals surface area contributed by atoms with E-state index in [0.29, 0.717) is 11.8 Å². The molecule has 0 aliphatic heterocycles. The number of hydrogen-bond acceptors (Lipinski definition) is 3. The minimum Gasteiger partial charge on any atom is -0.354 e. The SMILES string of the molecule is CCCC(CCCl)CNc1nc(C)cc(C(C)C)n1. The van der Waals surface area contributed by atoms with Gasteiger partial charge in [0.2, 0.25) is 5.95 Å². The van der Waals surface area contributed by atoms with E-state index >= 15 is 0 Å². The number of alkyl halides is 1. The first-order chi connectivity index (χ1) is 9.06. The second-order valence-corrected chi connectivity index (χ2v) is 5.80. The summed E-state index contributed by atoms with van der Waals surface area (Å²) in [5.41, 5.74) is 2.12. The highest BCUT2D eigenvalue weighted by Gasteiger charge is 2.09. The molecule has 1 unspecified atom stereocenters. The van der Waals surface area contributed by atoms with Gasteiger partial charge in [-0.15, -0.1) is 11.6 Å². The smallest absolute Gasteiger partial charge is 0.223 e. The molecule has 0 aliphatic rings. The summed E-state index contributed by atoms with van der Waals surface area (Å²) in [5, 5.41) is 3.37. The minimum absolute atomic E-state index is 0.427. The van der Waals surface area contributed by atoms with Gasteiger partial charge in [0.1, 0.15) is 0 Å². The van der Waals surface area contributed by atoms with Crippen LogP contribution in [0.5, 0.6) is 0 Å². The summed E-state index contributed by atoms with van der Waals surface area (Å²) in [6.45, 7) is 9.43. The zero-order chi connectivity index (χ0) is 14.3. The molecular weight excluding hydrogens is 258 g/mol. The van der Waals surface area contributed by atoms with Gasteiger partial charge in [-0.25, -0.2) is 9.97 Å². The zero-order valence-corrected chi connectivity index (χ0v) is 13.3. The number of nitrogens with zero attached hydrogens (tertiary/aromatic N) is 2. The highest BCUT2D eigenvalue weighted by molar-refractivity contribution is 6.17. The molecule has 0 spiro atoms. The number of rotatable bonds is 8. The average Bonchev–Trinajstić information content (AvgIpc) is 2.36. The molecular formula is C15H26ClN3. The molecule has 0 fully saturated rings. The van der Waals surface area contributed by atoms with Crippen LogP contribution < -0.4 is 5.32 Å². The van der Waals surface area contributed by atoms with Crippen LogP contribution in [0.2, 0.25) is 0 Å². The van der Waals surface area contributed by atoms with Crippen molar-refractivity contribution in [3.05, 3.63) is 17.5 Å². The van der Waals surface area contributed by atoms with Crippen molar-refractivity contribution in [3.63, 3.8) is 0 Å². The van der Waals surface area contributed by atoms with Crippen LogP contribution in [0.25, 0.3) is 0 Å². The van der Waals surface area contributed by atoms with Crippen molar-refractivity contribution in [2.24, 2.45) is 5.92 Å². The molecule has 0 radical (unpaired) electrons. The molecule has 0 bridgehead atoms. The van der Waals surface area contributed by atoms with Gasteiger partial charge in [-0.2, -0.15) is 0 Å². The highest BCUT2D eigenvalue weighted by Crippen LogP contribution is 2.16. The van der Waals surface area contributed by atoms with Gasteiger partial charge in [0.05, 0.1) is 0 Å². The molecule has 1 N–H and O–H groups in total. The maximum Gasteiger partial charge on any atom is 0.223 e. The van der Waals surface area contributed by atoms with E-state index in [1.54, 1.807) is 0 Å². The Morgan fingerprint density at radius 3 is 2.58 bits per heavy atom. The number of nitrogens with one attached hydrogen (secondary N) is 1. The van der Waals surface area contributed by atoms with Crippen molar-refractivity contribution < 1.29 is 0 Å². The monoisotopic (exact) mass is 283 g/mol. The Balaban J connectivity index is 2.65. The first-order valence-electron chi connectivity index (χ1n) is 7.22. The highest BCUT2D eigenvalue weighted by atomic mass is 35.5. The standard InChI is InChI=1S/C15H26ClN3/c1-5-6-13(7-8-16)10-17-15-18-12(4)9-14(19-15)11(2)3/h9,11,13H,5-8,10H2,1-4H3,(H,17,18,19). The van der Waals surface area contributed by atoms with Crippen LogP contribution in [0.1, 0.15) is 57.3 Å². The van der Waals surface area contributed by atoms with Crippen LogP contribution in [0.4, 0.5) is 5.95 Å². The van der Waals surface area contributed by atoms with Crippen molar-refractivity contribution >= 4 is 17.5 Å². The van der Waals surface area contributed by atoms with Crippen LogP contribution in [0.3, 0.4) is 0 Å². The second kappa shape index (κ2) is 8.36. The van der Waals surface area contributed by atoms with Crippen LogP contribution in [0, 0.1) is 12.8 Å². The first kappa shape index (κ1) is 16.2. The predicted octanol–water partition coefficient (Wildman–Crippen LogP) is 4.37. The molecule has 0 saturated heterocycles. The quantitative estimate of drug-likeness (QED) is 0.720. The Hall–Kier alpha value is -0.830. The average molecular weight is 284 g/mol. The number of aryl methyl sites for hydroxylation is 1. The fourth-order valence-electron chi connectivity index (χ4n) is 2.11. The third-order valence-corrected chi connectivity index (χ3v) is 3.45. The molecule has 1 atom stereocenters. The lowest BCUT2D eigenvalue weighted by molar-refractivity contribution is 0.489. The zero-order valence-electron chi connectivity index (χ0n) is 12.5. The summed E-state index contributed by atoms with van der Waals surface area (Å²) >= 11 is 5.85. The topological polar surface area (TPSA) is 37.8 Å². The van der Waals surface area contributed by atoms with Crippen LogP contribution in [0.15, 0.2) is 6.07 Å². The van der Waals surface area contributed by atoms with E-state index in [0.717, 1.165) is 36.2 Å². The predicted molar refractivity (Wildman–Crippen MR) is 83.1 cm³/mol. The minimum atomic E-state index is 0.427. The summed E-state index contributed by atoms with van der Waals surface area (Å²) < 4.78 is 0. The molecule has 4 heteroatoms. The number of anilines is 1. The Morgan fingerprint density at radius 2 is 2.00 bits per heavy atom. The summed E-state index contributed by atoms with van der Waals surface area (Å²) in [6.07, 6.45) is 3.43. The van der Waals surface area contributed by atoms with Gasteiger partial charge in [-0.1, -0.05) is 27.2 Å². The molecule has 0 saturated carbocycles. The molecule has 1 heterocycles. The maximum atomic E-state index is 5.85. The third kappa shape index (κ3) is 5.77. The van der Waals surface area contributed by atoms with Crippen molar-refractivity contribution in [2.45, 2.75) is 52.9 Å². The van der Waals surface area contributed by atoms with Crippen molar-refractivity contribution in [1.29, 1.82) is 0 Å². The van der Waals surface area contributed by atoms with Gasteiger partial charge in [-0.3, -0.25) is 0 Å². The summed E-state index contributed by atoms with van der Waals surface area (Å²) in [6, 6.07) is 2.05. The fraction of sp³-hybridized carbons (Fsp3) is 0.733. The van der Waals surface area contributed by atoms with Crippen molar-refractivity contribution in [1.82, 2.24) is 9.97 Å². The third-order valence-electron chi connectivity index (χ3n) is 3.23. The number of aromatic nitrogens is 2. The van der Waals surface area contributed by atoms with Crippen molar-refractivity contribution in [3.8, 4) is 0 Å². The van der Waals surface area contributed by atoms with Crippen molar-refractivity contribution in [2.75, 3.05) is 17.7 Å². The van der Waals surface area contributed by atoms with Gasteiger partial charge in [0.15, 0.2) is 0 Å². The van der Waals surface area contributed by atoms with Gasteiger partial charge in [-0.05, 0) is 37.7 Å². The lowest BCUT2D eigenvalue weighted by atomic mass is 10.0. The summed E-state index contributed by atoms with van der Waals surface area (Å²) in [4.78, 5) is 9.02. The van der Waals surface area contributed by atoms with Crippen LogP contribution in [-0.2, 0) is 0 Å². The lowest BCUT2D eigenvalue weighted by Crippen LogP contribution is -2.17. The molecule has 1 aromatic heterocycles. The first-order valence-corrected chi connectivity index (χ1v) is 7.75.